The Morgan fingerprint density at radius 1 is 1.12 bits per heavy atom. The Labute approximate surface area is 139 Å². The van der Waals surface area contributed by atoms with Gasteiger partial charge in [0.2, 0.25) is 0 Å². The molecule has 1 unspecified atom stereocenters. The molecular formula is C19H19NO4. The fourth-order valence-corrected chi connectivity index (χ4v) is 2.84. The number of aliphatic hydroxyl groups excluding tert-OH is 2. The summed E-state index contributed by atoms with van der Waals surface area (Å²) in [6, 6.07) is 14.6. The lowest BCUT2D eigenvalue weighted by molar-refractivity contribution is 0.0821. The zero-order valence-electron chi connectivity index (χ0n) is 13.3. The van der Waals surface area contributed by atoms with Crippen molar-refractivity contribution in [2.75, 3.05) is 13.7 Å². The smallest absolute Gasteiger partial charge is 0.198 e. The molecule has 3 aromatic rings. The van der Waals surface area contributed by atoms with E-state index in [0.717, 1.165) is 10.9 Å². The van der Waals surface area contributed by atoms with Gasteiger partial charge in [0.25, 0.3) is 0 Å². The van der Waals surface area contributed by atoms with Gasteiger partial charge in [-0.1, -0.05) is 30.3 Å². The van der Waals surface area contributed by atoms with Gasteiger partial charge in [-0.25, -0.2) is 0 Å². The highest BCUT2D eigenvalue weighted by atomic mass is 16.5. The van der Waals surface area contributed by atoms with E-state index in [-0.39, 0.29) is 18.9 Å². The summed E-state index contributed by atoms with van der Waals surface area (Å²) >= 11 is 0. The third kappa shape index (κ3) is 2.91. The van der Waals surface area contributed by atoms with E-state index in [0.29, 0.717) is 16.9 Å². The van der Waals surface area contributed by atoms with Crippen LogP contribution < -0.4 is 4.74 Å². The van der Waals surface area contributed by atoms with E-state index in [4.69, 9.17) is 9.84 Å². The predicted molar refractivity (Wildman–Crippen MR) is 91.5 cm³/mol. The van der Waals surface area contributed by atoms with Crippen molar-refractivity contribution in [3.8, 4) is 5.75 Å². The van der Waals surface area contributed by atoms with Crippen molar-refractivity contribution in [3.63, 3.8) is 0 Å². The second-order valence-electron chi connectivity index (χ2n) is 5.58. The Bertz CT molecular complexity index is 869. The van der Waals surface area contributed by atoms with Crippen molar-refractivity contribution in [3.05, 3.63) is 65.9 Å². The first-order valence-corrected chi connectivity index (χ1v) is 7.70. The molecule has 0 radical (unpaired) electrons. The maximum Gasteiger partial charge on any atom is 0.198 e. The van der Waals surface area contributed by atoms with Crippen LogP contribution in [0, 0.1) is 0 Å². The molecular weight excluding hydrogens is 306 g/mol. The van der Waals surface area contributed by atoms with Gasteiger partial charge in [-0.3, -0.25) is 4.79 Å². The molecule has 3 rings (SSSR count). The number of carbonyl (C=O) groups excluding carboxylic acids is 1. The Hall–Kier alpha value is -2.63. The van der Waals surface area contributed by atoms with Gasteiger partial charge in [-0.05, 0) is 18.2 Å². The summed E-state index contributed by atoms with van der Waals surface area (Å²) in [7, 11) is 1.53. The van der Waals surface area contributed by atoms with Crippen LogP contribution in [0.1, 0.15) is 15.9 Å². The number of hydrogen-bond donors (Lipinski definition) is 2. The van der Waals surface area contributed by atoms with Gasteiger partial charge < -0.3 is 19.5 Å². The van der Waals surface area contributed by atoms with Gasteiger partial charge in [0.15, 0.2) is 5.78 Å². The lowest BCUT2D eigenvalue weighted by Gasteiger charge is -2.09. The zero-order chi connectivity index (χ0) is 17.1. The average Bonchev–Trinajstić information content (AvgIpc) is 2.99. The number of ether oxygens (including phenoxy) is 1. The summed E-state index contributed by atoms with van der Waals surface area (Å²) < 4.78 is 7.08. The summed E-state index contributed by atoms with van der Waals surface area (Å²) in [6.45, 7) is -0.113. The molecule has 0 saturated carbocycles. The number of benzene rings is 2. The molecule has 0 amide bonds. The number of ketones is 1. The molecule has 1 heterocycles. The van der Waals surface area contributed by atoms with Crippen molar-refractivity contribution >= 4 is 16.7 Å². The van der Waals surface area contributed by atoms with Crippen LogP contribution in [0.4, 0.5) is 0 Å². The monoisotopic (exact) mass is 325 g/mol. The van der Waals surface area contributed by atoms with E-state index in [1.807, 2.05) is 30.3 Å². The van der Waals surface area contributed by atoms with Gasteiger partial charge in [0.05, 0.1) is 31.9 Å². The quantitative estimate of drug-likeness (QED) is 0.682. The molecule has 1 atom stereocenters. The third-order valence-electron chi connectivity index (χ3n) is 4.00. The van der Waals surface area contributed by atoms with Crippen LogP contribution in [0.2, 0.25) is 0 Å². The molecule has 0 fully saturated rings. The molecule has 0 spiro atoms. The van der Waals surface area contributed by atoms with Crippen LogP contribution in [0.15, 0.2) is 54.7 Å². The van der Waals surface area contributed by atoms with Crippen molar-refractivity contribution in [2.24, 2.45) is 0 Å². The molecule has 0 bridgehead atoms. The maximum absolute atomic E-state index is 13.0. The Morgan fingerprint density at radius 2 is 1.83 bits per heavy atom. The normalized spacial score (nSPS) is 12.3. The molecule has 0 aliphatic heterocycles. The SMILES string of the molecule is COc1ccccc1C(=O)c1cn(CC(O)CO)c2ccccc12. The third-order valence-corrected chi connectivity index (χ3v) is 4.00. The standard InChI is InChI=1S/C19H19NO4/c1-24-18-9-5-3-7-15(18)19(23)16-11-20(10-13(22)12-21)17-8-4-2-6-14(16)17/h2-9,11,13,21-22H,10,12H2,1H3. The summed E-state index contributed by atoms with van der Waals surface area (Å²) in [5, 5.41) is 19.6. The second kappa shape index (κ2) is 6.86. The highest BCUT2D eigenvalue weighted by Crippen LogP contribution is 2.27. The van der Waals surface area contributed by atoms with Crippen molar-refractivity contribution < 1.29 is 19.7 Å². The van der Waals surface area contributed by atoms with Crippen LogP contribution in [-0.2, 0) is 6.54 Å². The molecule has 0 aliphatic rings. The van der Waals surface area contributed by atoms with E-state index in [9.17, 15) is 9.90 Å². The van der Waals surface area contributed by atoms with Gasteiger partial charge in [-0.15, -0.1) is 0 Å². The van der Waals surface area contributed by atoms with Crippen LogP contribution in [0.25, 0.3) is 10.9 Å². The molecule has 2 N–H and O–H groups in total. The minimum atomic E-state index is -0.880. The molecule has 1 aromatic heterocycles. The topological polar surface area (TPSA) is 71.7 Å². The lowest BCUT2D eigenvalue weighted by Crippen LogP contribution is -2.19. The van der Waals surface area contributed by atoms with Crippen molar-refractivity contribution in [1.29, 1.82) is 0 Å². The number of aliphatic hydroxyl groups is 2. The zero-order valence-corrected chi connectivity index (χ0v) is 13.3. The molecule has 5 nitrogen and oxygen atoms in total. The predicted octanol–water partition coefficient (Wildman–Crippen LogP) is 2.23. The summed E-state index contributed by atoms with van der Waals surface area (Å²) in [6.07, 6.45) is 0.841. The minimum Gasteiger partial charge on any atom is -0.496 e. The number of nitrogens with zero attached hydrogens (tertiary/aromatic N) is 1. The molecule has 24 heavy (non-hydrogen) atoms. The first-order chi connectivity index (χ1) is 11.7. The number of fused-ring (bicyclic) bond motifs is 1. The minimum absolute atomic E-state index is 0.138. The molecule has 124 valence electrons. The van der Waals surface area contributed by atoms with E-state index < -0.39 is 6.10 Å². The lowest BCUT2D eigenvalue weighted by atomic mass is 10.0. The van der Waals surface area contributed by atoms with Crippen LogP contribution >= 0.6 is 0 Å². The van der Waals surface area contributed by atoms with Crippen molar-refractivity contribution in [2.45, 2.75) is 12.6 Å². The summed E-state index contributed by atoms with van der Waals surface area (Å²) in [5.41, 5.74) is 1.87. The van der Waals surface area contributed by atoms with Crippen molar-refractivity contribution in [1.82, 2.24) is 4.57 Å². The largest absolute Gasteiger partial charge is 0.496 e. The number of hydrogen-bond acceptors (Lipinski definition) is 4. The van der Waals surface area contributed by atoms with Crippen LogP contribution in [0.3, 0.4) is 0 Å². The maximum atomic E-state index is 13.0. The highest BCUT2D eigenvalue weighted by Gasteiger charge is 2.20. The second-order valence-corrected chi connectivity index (χ2v) is 5.58. The number of rotatable bonds is 6. The molecule has 5 heteroatoms. The molecule has 2 aromatic carbocycles. The number of aromatic nitrogens is 1. The Morgan fingerprint density at radius 3 is 2.58 bits per heavy atom. The van der Waals surface area contributed by atoms with E-state index in [1.165, 1.54) is 7.11 Å². The summed E-state index contributed by atoms with van der Waals surface area (Å²) in [4.78, 5) is 13.0. The summed E-state index contributed by atoms with van der Waals surface area (Å²) in [5.74, 6) is 0.385. The number of carbonyl (C=O) groups is 1. The van der Waals surface area contributed by atoms with Gasteiger partial charge in [0.1, 0.15) is 5.75 Å². The van der Waals surface area contributed by atoms with E-state index in [2.05, 4.69) is 0 Å². The van der Waals surface area contributed by atoms with E-state index >= 15 is 0 Å². The molecule has 0 saturated heterocycles. The molecule has 0 aliphatic carbocycles. The van der Waals surface area contributed by atoms with E-state index in [1.54, 1.807) is 29.0 Å². The number of methoxy groups -OCH3 is 1. The van der Waals surface area contributed by atoms with Gasteiger partial charge in [-0.2, -0.15) is 0 Å². The Kier molecular flexibility index (Phi) is 4.64. The fourth-order valence-electron chi connectivity index (χ4n) is 2.84. The van der Waals surface area contributed by atoms with Crippen LogP contribution in [-0.4, -0.2) is 40.4 Å². The highest BCUT2D eigenvalue weighted by molar-refractivity contribution is 6.17. The Balaban J connectivity index is 2.11. The first-order valence-electron chi connectivity index (χ1n) is 7.70. The average molecular weight is 325 g/mol. The first kappa shape index (κ1) is 16.2. The van der Waals surface area contributed by atoms with Crippen LogP contribution in [0.5, 0.6) is 5.75 Å². The fraction of sp³-hybridized carbons (Fsp3) is 0.211. The van der Waals surface area contributed by atoms with Gasteiger partial charge >= 0.3 is 0 Å². The number of para-hydroxylation sites is 2. The van der Waals surface area contributed by atoms with Gasteiger partial charge in [0, 0.05) is 22.7 Å².